The fraction of sp³-hybridized carbons (Fsp3) is 0.680. The summed E-state index contributed by atoms with van der Waals surface area (Å²) in [5, 5.41) is 0. The third kappa shape index (κ3) is 17.4. The Balaban J connectivity index is 4.94. The summed E-state index contributed by atoms with van der Waals surface area (Å²) in [7, 11) is 0. The Morgan fingerprint density at radius 1 is 0.414 bits per heavy atom. The van der Waals surface area contributed by atoms with Crippen LogP contribution in [0.25, 0.3) is 0 Å². The number of allylic oxidation sites excluding steroid dienone is 4. The zero-order valence-electron chi connectivity index (χ0n) is 19.2. The molecule has 0 aromatic heterocycles. The van der Waals surface area contributed by atoms with Gasteiger partial charge in [-0.1, -0.05) is 76.3 Å². The Morgan fingerprint density at radius 2 is 0.655 bits per heavy atom. The van der Waals surface area contributed by atoms with Crippen LogP contribution in [0.3, 0.4) is 0 Å². The quantitative estimate of drug-likeness (QED) is 0.122. The van der Waals surface area contributed by atoms with E-state index in [1.54, 1.807) is 0 Å². The van der Waals surface area contributed by atoms with Crippen LogP contribution in [0.2, 0.25) is 0 Å². The molecule has 168 valence electrons. The van der Waals surface area contributed by atoms with Gasteiger partial charge in [0.15, 0.2) is 0 Å². The molecule has 0 heterocycles. The molecule has 0 N–H and O–H groups in total. The van der Waals surface area contributed by atoms with Gasteiger partial charge in [0.05, 0.1) is 26.4 Å². The van der Waals surface area contributed by atoms with Gasteiger partial charge in [-0.15, -0.1) is 0 Å². The van der Waals surface area contributed by atoms with Crippen molar-refractivity contribution in [2.75, 3.05) is 26.4 Å². The molecule has 0 saturated heterocycles. The van der Waals surface area contributed by atoms with Gasteiger partial charge in [0.1, 0.15) is 0 Å². The van der Waals surface area contributed by atoms with E-state index < -0.39 is 6.16 Å². The second kappa shape index (κ2) is 21.5. The summed E-state index contributed by atoms with van der Waals surface area (Å²) < 4.78 is 24.0. The van der Waals surface area contributed by atoms with E-state index in [0.717, 1.165) is 51.4 Å². The van der Waals surface area contributed by atoms with Gasteiger partial charge in [0.25, 0.3) is 0 Å². The number of rotatable bonds is 20. The number of hydrogen-bond donors (Lipinski definition) is 0. The highest BCUT2D eigenvalue weighted by atomic mass is 17.0. The zero-order chi connectivity index (χ0) is 21.5. The second-order valence-corrected chi connectivity index (χ2v) is 6.57. The van der Waals surface area contributed by atoms with Crippen LogP contribution in [0.15, 0.2) is 48.6 Å². The predicted octanol–water partition coefficient (Wildman–Crippen LogP) is 7.09. The van der Waals surface area contributed by atoms with Gasteiger partial charge in [-0.2, -0.15) is 0 Å². The van der Waals surface area contributed by atoms with E-state index >= 15 is 0 Å². The molecule has 0 radical (unpaired) electrons. The van der Waals surface area contributed by atoms with Gasteiger partial charge in [-0.05, 0) is 51.4 Å². The van der Waals surface area contributed by atoms with Crippen molar-refractivity contribution in [3.8, 4) is 0 Å². The van der Waals surface area contributed by atoms with Crippen LogP contribution < -0.4 is 0 Å². The first-order valence-corrected chi connectivity index (χ1v) is 11.4. The second-order valence-electron chi connectivity index (χ2n) is 6.57. The predicted molar refractivity (Wildman–Crippen MR) is 123 cm³/mol. The van der Waals surface area contributed by atoms with Crippen LogP contribution in [0, 0.1) is 0 Å². The maximum Gasteiger partial charge on any atom is 0.412 e. The summed E-state index contributed by atoms with van der Waals surface area (Å²) in [6.45, 7) is 10.4. The Hall–Kier alpha value is -1.20. The van der Waals surface area contributed by atoms with Gasteiger partial charge >= 0.3 is 6.16 Å². The molecule has 0 atom stereocenters. The molecule has 0 spiro atoms. The standard InChI is InChI=1S/C25H44O4/c1-5-9-13-17-21-26-25(27-22-18-14-10-6-2,28-23-19-15-11-7-3)29-24-20-16-12-8-4/h9-16H,5-8,17-24H2,1-4H3. The molecule has 0 saturated carbocycles. The minimum absolute atomic E-state index is 0.483. The molecule has 0 bridgehead atoms. The van der Waals surface area contributed by atoms with E-state index in [2.05, 4.69) is 76.3 Å². The maximum absolute atomic E-state index is 6.01. The third-order valence-corrected chi connectivity index (χ3v) is 3.86. The van der Waals surface area contributed by atoms with Crippen molar-refractivity contribution < 1.29 is 18.9 Å². The van der Waals surface area contributed by atoms with Crippen molar-refractivity contribution in [1.29, 1.82) is 0 Å². The molecule has 0 fully saturated rings. The Morgan fingerprint density at radius 3 is 0.862 bits per heavy atom. The number of hydrogen-bond acceptors (Lipinski definition) is 4. The van der Waals surface area contributed by atoms with Crippen molar-refractivity contribution >= 4 is 0 Å². The van der Waals surface area contributed by atoms with Gasteiger partial charge in [0, 0.05) is 0 Å². The Bertz CT molecular complexity index is 366. The van der Waals surface area contributed by atoms with Crippen LogP contribution in [0.5, 0.6) is 0 Å². The lowest BCUT2D eigenvalue weighted by atomic mass is 10.3. The monoisotopic (exact) mass is 408 g/mol. The molecule has 0 aliphatic rings. The molecule has 4 heteroatoms. The average molecular weight is 409 g/mol. The smallest absolute Gasteiger partial charge is 0.303 e. The maximum atomic E-state index is 6.01. The molecule has 0 rings (SSSR count). The molecular weight excluding hydrogens is 364 g/mol. The van der Waals surface area contributed by atoms with Crippen LogP contribution in [-0.2, 0) is 18.9 Å². The van der Waals surface area contributed by atoms with Gasteiger partial charge < -0.3 is 18.9 Å². The molecule has 4 nitrogen and oxygen atoms in total. The van der Waals surface area contributed by atoms with E-state index in [4.69, 9.17) is 18.9 Å². The van der Waals surface area contributed by atoms with Gasteiger partial charge in [-0.3, -0.25) is 0 Å². The van der Waals surface area contributed by atoms with Gasteiger partial charge in [-0.25, -0.2) is 0 Å². The minimum atomic E-state index is -1.44. The summed E-state index contributed by atoms with van der Waals surface area (Å²) in [6.07, 6.45) is 22.8. The normalized spacial score (nSPS) is 14.8. The minimum Gasteiger partial charge on any atom is -0.303 e. The first-order chi connectivity index (χ1) is 14.2. The highest BCUT2D eigenvalue weighted by Gasteiger charge is 2.35. The molecule has 29 heavy (non-hydrogen) atoms. The summed E-state index contributed by atoms with van der Waals surface area (Å²) in [6, 6.07) is 0. The van der Waals surface area contributed by atoms with Crippen LogP contribution in [0.4, 0.5) is 0 Å². The Kier molecular flexibility index (Phi) is 20.6. The van der Waals surface area contributed by atoms with Crippen molar-refractivity contribution in [2.45, 2.75) is 85.2 Å². The lowest BCUT2D eigenvalue weighted by Gasteiger charge is -2.32. The van der Waals surface area contributed by atoms with E-state index in [9.17, 15) is 0 Å². The summed E-state index contributed by atoms with van der Waals surface area (Å²) >= 11 is 0. The SMILES string of the molecule is CCC=CCCOC(OCCC=CCC)(OCCC=CCC)OCCC=CCC. The first kappa shape index (κ1) is 27.8. The van der Waals surface area contributed by atoms with Crippen LogP contribution in [0.1, 0.15) is 79.1 Å². The zero-order valence-corrected chi connectivity index (χ0v) is 19.2. The lowest BCUT2D eigenvalue weighted by Crippen LogP contribution is -2.43. The summed E-state index contributed by atoms with van der Waals surface area (Å²) in [5.74, 6) is 0. The van der Waals surface area contributed by atoms with Crippen LogP contribution in [-0.4, -0.2) is 32.6 Å². The van der Waals surface area contributed by atoms with Crippen molar-refractivity contribution in [2.24, 2.45) is 0 Å². The fourth-order valence-corrected chi connectivity index (χ4v) is 2.40. The van der Waals surface area contributed by atoms with Gasteiger partial charge in [0.2, 0.25) is 0 Å². The van der Waals surface area contributed by atoms with Crippen molar-refractivity contribution in [3.05, 3.63) is 48.6 Å². The van der Waals surface area contributed by atoms with Crippen molar-refractivity contribution in [1.82, 2.24) is 0 Å². The summed E-state index contributed by atoms with van der Waals surface area (Å²) in [4.78, 5) is 0. The molecule has 0 unspecified atom stereocenters. The highest BCUT2D eigenvalue weighted by molar-refractivity contribution is 4.82. The fourth-order valence-electron chi connectivity index (χ4n) is 2.40. The Labute approximate surface area is 179 Å². The van der Waals surface area contributed by atoms with E-state index in [1.807, 2.05) is 0 Å². The van der Waals surface area contributed by atoms with E-state index in [0.29, 0.717) is 26.4 Å². The first-order valence-electron chi connectivity index (χ1n) is 11.4. The largest absolute Gasteiger partial charge is 0.412 e. The number of ether oxygens (including phenoxy) is 4. The molecule has 0 aliphatic heterocycles. The van der Waals surface area contributed by atoms with Crippen LogP contribution >= 0.6 is 0 Å². The van der Waals surface area contributed by atoms with Crippen molar-refractivity contribution in [3.63, 3.8) is 0 Å². The molecule has 0 aromatic rings. The van der Waals surface area contributed by atoms with E-state index in [-0.39, 0.29) is 0 Å². The topological polar surface area (TPSA) is 36.9 Å². The third-order valence-electron chi connectivity index (χ3n) is 3.86. The van der Waals surface area contributed by atoms with E-state index in [1.165, 1.54) is 0 Å². The molecular formula is C25H44O4. The summed E-state index contributed by atoms with van der Waals surface area (Å²) in [5.41, 5.74) is 0. The molecule has 0 aliphatic carbocycles. The molecule has 0 aromatic carbocycles. The lowest BCUT2D eigenvalue weighted by molar-refractivity contribution is -0.498. The molecule has 0 amide bonds. The highest BCUT2D eigenvalue weighted by Crippen LogP contribution is 2.20. The average Bonchev–Trinajstić information content (AvgIpc) is 2.73.